The Morgan fingerprint density at radius 3 is 2.76 bits per heavy atom. The monoisotopic (exact) mass is 288 g/mol. The number of fused-ring (bicyclic) bond motifs is 1. The van der Waals surface area contributed by atoms with Crippen LogP contribution in [0.3, 0.4) is 0 Å². The number of imidazole rings is 1. The number of amides is 2. The Morgan fingerprint density at radius 1 is 1.10 bits per heavy atom. The number of carbonyl (C=O) groups excluding carboxylic acids is 1. The molecular weight excluding hydrogens is 278 g/mol. The molecule has 7 heteroatoms. The highest BCUT2D eigenvalue weighted by Gasteiger charge is 2.08. The second-order valence-electron chi connectivity index (χ2n) is 4.34. The largest absolute Gasteiger partial charge is 0.345 e. The maximum absolute atomic E-state index is 13.4. The van der Waals surface area contributed by atoms with Gasteiger partial charge in [-0.3, -0.25) is 0 Å². The number of H-pyrrole nitrogens is 1. The molecule has 0 aliphatic heterocycles. The number of hydrogen-bond acceptors (Lipinski definition) is 2. The summed E-state index contributed by atoms with van der Waals surface area (Å²) in [5.41, 5.74) is 1.95. The van der Waals surface area contributed by atoms with Gasteiger partial charge in [-0.05, 0) is 30.3 Å². The van der Waals surface area contributed by atoms with Crippen LogP contribution in [0.5, 0.6) is 0 Å². The zero-order chi connectivity index (χ0) is 14.8. The molecule has 0 aliphatic carbocycles. The van der Waals surface area contributed by atoms with Crippen molar-refractivity contribution in [3.8, 4) is 0 Å². The zero-order valence-corrected chi connectivity index (χ0v) is 10.7. The molecule has 1 aromatic heterocycles. The van der Waals surface area contributed by atoms with E-state index in [0.29, 0.717) is 11.8 Å². The first-order valence-corrected chi connectivity index (χ1v) is 6.08. The van der Waals surface area contributed by atoms with Crippen molar-refractivity contribution < 1.29 is 13.6 Å². The van der Waals surface area contributed by atoms with E-state index in [9.17, 15) is 13.6 Å². The van der Waals surface area contributed by atoms with E-state index in [1.807, 2.05) is 0 Å². The standard InChI is InChI=1S/C14H10F2N4O/c15-8-1-3-11(10(16)5-8)20-14(21)19-9-2-4-12-13(6-9)18-7-17-12/h1-7H,(H,17,18)(H2,19,20,21). The van der Waals surface area contributed by atoms with E-state index < -0.39 is 17.7 Å². The molecule has 0 atom stereocenters. The van der Waals surface area contributed by atoms with Crippen molar-refractivity contribution in [1.29, 1.82) is 0 Å². The van der Waals surface area contributed by atoms with E-state index in [2.05, 4.69) is 20.6 Å². The Labute approximate surface area is 118 Å². The zero-order valence-electron chi connectivity index (χ0n) is 10.7. The van der Waals surface area contributed by atoms with Crippen molar-refractivity contribution in [3.05, 3.63) is 54.4 Å². The number of hydrogen-bond donors (Lipinski definition) is 3. The van der Waals surface area contributed by atoms with Crippen LogP contribution in [0.1, 0.15) is 0 Å². The molecule has 1 heterocycles. The van der Waals surface area contributed by atoms with Gasteiger partial charge in [0.15, 0.2) is 0 Å². The Kier molecular flexibility index (Phi) is 3.23. The van der Waals surface area contributed by atoms with Gasteiger partial charge in [0.1, 0.15) is 11.6 Å². The summed E-state index contributed by atoms with van der Waals surface area (Å²) in [5, 5.41) is 4.87. The van der Waals surface area contributed by atoms with E-state index in [4.69, 9.17) is 0 Å². The van der Waals surface area contributed by atoms with Gasteiger partial charge in [0, 0.05) is 11.8 Å². The molecule has 0 fully saturated rings. The maximum Gasteiger partial charge on any atom is 0.323 e. The normalized spacial score (nSPS) is 10.6. The lowest BCUT2D eigenvalue weighted by atomic mass is 10.3. The van der Waals surface area contributed by atoms with Crippen LogP contribution in [-0.4, -0.2) is 16.0 Å². The van der Waals surface area contributed by atoms with Crippen LogP contribution >= 0.6 is 0 Å². The van der Waals surface area contributed by atoms with Crippen molar-refractivity contribution >= 4 is 28.4 Å². The van der Waals surface area contributed by atoms with Crippen LogP contribution in [0.15, 0.2) is 42.7 Å². The minimum Gasteiger partial charge on any atom is -0.345 e. The summed E-state index contributed by atoms with van der Waals surface area (Å²) in [6.07, 6.45) is 1.54. The fraction of sp³-hybridized carbons (Fsp3) is 0. The first kappa shape index (κ1) is 13.0. The third kappa shape index (κ3) is 2.81. The van der Waals surface area contributed by atoms with Gasteiger partial charge >= 0.3 is 6.03 Å². The van der Waals surface area contributed by atoms with Gasteiger partial charge in [-0.25, -0.2) is 18.6 Å². The summed E-state index contributed by atoms with van der Waals surface area (Å²) in [7, 11) is 0. The van der Waals surface area contributed by atoms with E-state index in [1.54, 1.807) is 24.5 Å². The average Bonchev–Trinajstić information content (AvgIpc) is 2.89. The molecule has 0 saturated heterocycles. The summed E-state index contributed by atoms with van der Waals surface area (Å²) < 4.78 is 26.2. The summed E-state index contributed by atoms with van der Waals surface area (Å²) in [6.45, 7) is 0. The van der Waals surface area contributed by atoms with Gasteiger partial charge in [-0.15, -0.1) is 0 Å². The van der Waals surface area contributed by atoms with Crippen molar-refractivity contribution in [2.24, 2.45) is 0 Å². The molecule has 2 aromatic carbocycles. The first-order valence-electron chi connectivity index (χ1n) is 6.08. The van der Waals surface area contributed by atoms with Gasteiger partial charge in [-0.1, -0.05) is 0 Å². The predicted molar refractivity (Wildman–Crippen MR) is 75.1 cm³/mol. The van der Waals surface area contributed by atoms with E-state index in [1.165, 1.54) is 0 Å². The van der Waals surface area contributed by atoms with Gasteiger partial charge in [-0.2, -0.15) is 0 Å². The van der Waals surface area contributed by atoms with Gasteiger partial charge in [0.2, 0.25) is 0 Å². The molecule has 0 spiro atoms. The Balaban J connectivity index is 1.73. The van der Waals surface area contributed by atoms with Gasteiger partial charge in [0.25, 0.3) is 0 Å². The SMILES string of the molecule is O=C(Nc1ccc2nc[nH]c2c1)Nc1ccc(F)cc1F. The number of carbonyl (C=O) groups is 1. The highest BCUT2D eigenvalue weighted by molar-refractivity contribution is 6.00. The quantitative estimate of drug-likeness (QED) is 0.675. The number of benzene rings is 2. The average molecular weight is 288 g/mol. The van der Waals surface area contributed by atoms with Crippen LogP contribution in [0.25, 0.3) is 11.0 Å². The van der Waals surface area contributed by atoms with Crippen molar-refractivity contribution in [3.63, 3.8) is 0 Å². The molecule has 3 aromatic rings. The fourth-order valence-corrected chi connectivity index (χ4v) is 1.89. The van der Waals surface area contributed by atoms with Crippen LogP contribution in [0, 0.1) is 11.6 Å². The van der Waals surface area contributed by atoms with E-state index >= 15 is 0 Å². The van der Waals surface area contributed by atoms with Crippen molar-refractivity contribution in [2.45, 2.75) is 0 Å². The number of urea groups is 1. The Bertz CT molecular complexity index is 816. The first-order chi connectivity index (χ1) is 10.1. The smallest absolute Gasteiger partial charge is 0.323 e. The Morgan fingerprint density at radius 2 is 1.95 bits per heavy atom. The lowest BCUT2D eigenvalue weighted by Gasteiger charge is -2.08. The molecule has 5 nitrogen and oxygen atoms in total. The molecule has 21 heavy (non-hydrogen) atoms. The molecule has 0 bridgehead atoms. The van der Waals surface area contributed by atoms with Crippen LogP contribution in [0.2, 0.25) is 0 Å². The minimum absolute atomic E-state index is 0.100. The number of aromatic amines is 1. The topological polar surface area (TPSA) is 69.8 Å². The lowest BCUT2D eigenvalue weighted by molar-refractivity contribution is 0.262. The molecule has 0 radical (unpaired) electrons. The summed E-state index contributed by atoms with van der Waals surface area (Å²) >= 11 is 0. The number of rotatable bonds is 2. The van der Waals surface area contributed by atoms with Crippen LogP contribution in [-0.2, 0) is 0 Å². The summed E-state index contributed by atoms with van der Waals surface area (Å²) in [5.74, 6) is -1.54. The minimum atomic E-state index is -0.839. The summed E-state index contributed by atoms with van der Waals surface area (Å²) in [4.78, 5) is 18.8. The number of nitrogens with one attached hydrogen (secondary N) is 3. The number of halogens is 2. The molecular formula is C14H10F2N4O. The van der Waals surface area contributed by atoms with Gasteiger partial charge in [0.05, 0.1) is 23.0 Å². The molecule has 3 rings (SSSR count). The highest BCUT2D eigenvalue weighted by atomic mass is 19.1. The van der Waals surface area contributed by atoms with Gasteiger partial charge < -0.3 is 15.6 Å². The van der Waals surface area contributed by atoms with Crippen LogP contribution < -0.4 is 10.6 Å². The number of nitrogens with zero attached hydrogens (tertiary/aromatic N) is 1. The van der Waals surface area contributed by atoms with E-state index in [-0.39, 0.29) is 5.69 Å². The molecule has 106 valence electrons. The van der Waals surface area contributed by atoms with Crippen LogP contribution in [0.4, 0.5) is 25.0 Å². The van der Waals surface area contributed by atoms with Crippen molar-refractivity contribution in [2.75, 3.05) is 10.6 Å². The molecule has 0 saturated carbocycles. The van der Waals surface area contributed by atoms with Crippen molar-refractivity contribution in [1.82, 2.24) is 9.97 Å². The Hall–Kier alpha value is -2.96. The highest BCUT2D eigenvalue weighted by Crippen LogP contribution is 2.17. The third-order valence-corrected chi connectivity index (χ3v) is 2.86. The fourth-order valence-electron chi connectivity index (χ4n) is 1.89. The predicted octanol–water partition coefficient (Wildman–Crippen LogP) is 3.49. The third-order valence-electron chi connectivity index (χ3n) is 2.86. The van der Waals surface area contributed by atoms with E-state index in [0.717, 1.165) is 23.2 Å². The lowest BCUT2D eigenvalue weighted by Crippen LogP contribution is -2.20. The number of anilines is 2. The second-order valence-corrected chi connectivity index (χ2v) is 4.34. The molecule has 0 unspecified atom stereocenters. The molecule has 2 amide bonds. The summed E-state index contributed by atoms with van der Waals surface area (Å²) in [6, 6.07) is 7.40. The molecule has 0 aliphatic rings. The number of aromatic nitrogens is 2. The molecule has 3 N–H and O–H groups in total. The second kappa shape index (κ2) is 5.20. The maximum atomic E-state index is 13.4.